The normalized spacial score (nSPS) is 15.0. The number of halogens is 4. The standard InChI is InChI=1S/C31H46ClF3NO7PSi/c1-28(2,3)30(16-17-44(38,39)40,36-27(37)43-29(4,5)6)15-14-21(20-41-45(7)8)25-13-12-24(19-26(25)32)42-23-11-9-10-22(18-23)31(33,34)35/h9-13,18-19,21,45H,14-17,20H2,1-8H3,(H,36,37)(H2,38,39,40). The molecule has 0 aromatic heterocycles. The molecule has 0 saturated heterocycles. The van der Waals surface area contributed by atoms with Crippen LogP contribution in [-0.2, 0) is 19.9 Å². The molecule has 0 aliphatic carbocycles. The first-order valence-electron chi connectivity index (χ1n) is 14.7. The maximum Gasteiger partial charge on any atom is 0.416 e. The van der Waals surface area contributed by atoms with E-state index in [0.29, 0.717) is 30.0 Å². The van der Waals surface area contributed by atoms with Crippen LogP contribution in [-0.4, -0.2) is 48.8 Å². The highest BCUT2D eigenvalue weighted by molar-refractivity contribution is 7.51. The third kappa shape index (κ3) is 12.9. The number of carbonyl (C=O) groups excluding carboxylic acids is 1. The number of benzene rings is 2. The third-order valence-corrected chi connectivity index (χ3v) is 9.36. The van der Waals surface area contributed by atoms with Gasteiger partial charge in [0, 0.05) is 23.1 Å². The molecule has 2 aromatic rings. The van der Waals surface area contributed by atoms with E-state index in [9.17, 15) is 32.3 Å². The molecule has 0 fully saturated rings. The van der Waals surface area contributed by atoms with Crippen molar-refractivity contribution < 1.29 is 46.2 Å². The summed E-state index contributed by atoms with van der Waals surface area (Å²) in [5, 5.41) is 3.28. The predicted octanol–water partition coefficient (Wildman–Crippen LogP) is 8.89. The number of rotatable bonds is 13. The molecule has 0 bridgehead atoms. The van der Waals surface area contributed by atoms with E-state index in [1.165, 1.54) is 18.2 Å². The highest BCUT2D eigenvalue weighted by Gasteiger charge is 2.45. The van der Waals surface area contributed by atoms with Crippen molar-refractivity contribution in [2.45, 2.75) is 97.1 Å². The number of hydrogen-bond donors (Lipinski definition) is 3. The Morgan fingerprint density at radius 3 is 2.13 bits per heavy atom. The molecule has 0 aliphatic rings. The summed E-state index contributed by atoms with van der Waals surface area (Å²) in [6.45, 7) is 15.2. The summed E-state index contributed by atoms with van der Waals surface area (Å²) in [6, 6.07) is 9.43. The van der Waals surface area contributed by atoms with Gasteiger partial charge in [0.2, 0.25) is 0 Å². The summed E-state index contributed by atoms with van der Waals surface area (Å²) in [4.78, 5) is 32.6. The fourth-order valence-corrected chi connectivity index (χ4v) is 6.47. The van der Waals surface area contributed by atoms with Gasteiger partial charge < -0.3 is 29.0 Å². The Balaban J connectivity index is 2.44. The Kier molecular flexibility index (Phi) is 13.2. The van der Waals surface area contributed by atoms with Crippen LogP contribution in [0.25, 0.3) is 0 Å². The van der Waals surface area contributed by atoms with Crippen molar-refractivity contribution >= 4 is 34.3 Å². The molecule has 1 amide bonds. The van der Waals surface area contributed by atoms with E-state index in [4.69, 9.17) is 25.5 Å². The molecule has 2 unspecified atom stereocenters. The fourth-order valence-electron chi connectivity index (χ4n) is 4.86. The van der Waals surface area contributed by atoms with E-state index in [1.54, 1.807) is 32.9 Å². The molecule has 254 valence electrons. The molecular formula is C31H46ClF3NO7PSi. The minimum absolute atomic E-state index is 0.00701. The molecule has 0 radical (unpaired) electrons. The van der Waals surface area contributed by atoms with Crippen molar-refractivity contribution in [3.8, 4) is 11.5 Å². The summed E-state index contributed by atoms with van der Waals surface area (Å²) in [5.41, 5.74) is -2.65. The maximum atomic E-state index is 13.2. The van der Waals surface area contributed by atoms with Crippen LogP contribution >= 0.6 is 19.2 Å². The fraction of sp³-hybridized carbons (Fsp3) is 0.581. The zero-order valence-electron chi connectivity index (χ0n) is 27.1. The summed E-state index contributed by atoms with van der Waals surface area (Å²) >= 11 is 6.73. The summed E-state index contributed by atoms with van der Waals surface area (Å²) in [5.74, 6) is -0.0296. The van der Waals surface area contributed by atoms with Crippen LogP contribution in [0.15, 0.2) is 42.5 Å². The van der Waals surface area contributed by atoms with Crippen LogP contribution in [0.2, 0.25) is 18.1 Å². The molecule has 45 heavy (non-hydrogen) atoms. The molecule has 2 atom stereocenters. The Morgan fingerprint density at radius 1 is 1.00 bits per heavy atom. The second-order valence-corrected chi connectivity index (χ2v) is 18.1. The molecule has 3 N–H and O–H groups in total. The first-order chi connectivity index (χ1) is 20.4. The van der Waals surface area contributed by atoms with Crippen LogP contribution in [0.1, 0.15) is 77.8 Å². The molecular weight excluding hydrogens is 650 g/mol. The highest BCUT2D eigenvalue weighted by atomic mass is 35.5. The van der Waals surface area contributed by atoms with Crippen LogP contribution in [0.4, 0.5) is 18.0 Å². The molecule has 0 heterocycles. The number of alkyl carbamates (subject to hydrolysis) is 1. The van der Waals surface area contributed by atoms with Crippen molar-refractivity contribution in [3.05, 3.63) is 58.6 Å². The number of alkyl halides is 3. The number of nitrogens with one attached hydrogen (secondary N) is 1. The summed E-state index contributed by atoms with van der Waals surface area (Å²) in [7, 11) is -5.89. The first-order valence-corrected chi connectivity index (χ1v) is 19.7. The van der Waals surface area contributed by atoms with Crippen LogP contribution in [0, 0.1) is 5.41 Å². The molecule has 14 heteroatoms. The van der Waals surface area contributed by atoms with E-state index in [0.717, 1.165) is 12.1 Å². The number of carbonyl (C=O) groups is 1. The van der Waals surface area contributed by atoms with E-state index < -0.39 is 57.2 Å². The largest absolute Gasteiger partial charge is 0.457 e. The molecule has 0 saturated carbocycles. The van der Waals surface area contributed by atoms with Gasteiger partial charge in [-0.05, 0) is 94.4 Å². The van der Waals surface area contributed by atoms with Gasteiger partial charge in [-0.2, -0.15) is 13.2 Å². The second kappa shape index (κ2) is 15.2. The van der Waals surface area contributed by atoms with Crippen molar-refractivity contribution in [2.24, 2.45) is 5.41 Å². The molecule has 2 aromatic carbocycles. The molecule has 0 spiro atoms. The van der Waals surface area contributed by atoms with E-state index >= 15 is 0 Å². The lowest BCUT2D eigenvalue weighted by molar-refractivity contribution is -0.137. The molecule has 8 nitrogen and oxygen atoms in total. The average Bonchev–Trinajstić information content (AvgIpc) is 2.85. The van der Waals surface area contributed by atoms with Gasteiger partial charge in [0.05, 0.1) is 11.7 Å². The maximum absolute atomic E-state index is 13.2. The molecule has 2 rings (SSSR count). The zero-order valence-corrected chi connectivity index (χ0v) is 29.9. The quantitative estimate of drug-likeness (QED) is 0.142. The lowest BCUT2D eigenvalue weighted by atomic mass is 9.68. The van der Waals surface area contributed by atoms with Gasteiger partial charge in [-0.15, -0.1) is 0 Å². The van der Waals surface area contributed by atoms with E-state index in [1.807, 2.05) is 33.9 Å². The van der Waals surface area contributed by atoms with E-state index in [2.05, 4.69) is 5.32 Å². The monoisotopic (exact) mass is 695 g/mol. The number of amides is 1. The zero-order chi connectivity index (χ0) is 34.4. The summed E-state index contributed by atoms with van der Waals surface area (Å²) in [6.07, 6.45) is -4.93. The lowest BCUT2D eigenvalue weighted by Gasteiger charge is -2.46. The smallest absolute Gasteiger partial charge is 0.416 e. The Labute approximate surface area is 270 Å². The van der Waals surface area contributed by atoms with Gasteiger partial charge in [-0.1, -0.05) is 44.5 Å². The Morgan fingerprint density at radius 2 is 1.62 bits per heavy atom. The number of hydrogen-bond acceptors (Lipinski definition) is 5. The van der Waals surface area contributed by atoms with Gasteiger partial charge in [0.1, 0.15) is 17.1 Å². The first kappa shape index (κ1) is 39.1. The van der Waals surface area contributed by atoms with Gasteiger partial charge in [0.25, 0.3) is 0 Å². The highest BCUT2D eigenvalue weighted by Crippen LogP contribution is 2.45. The topological polar surface area (TPSA) is 114 Å². The SMILES string of the molecule is C[SiH](C)OCC(CCC(CCP(=O)(O)O)(NC(=O)OC(C)(C)C)C(C)(C)C)c1ccc(Oc2cccc(C(F)(F)F)c2)cc1Cl. The van der Waals surface area contributed by atoms with Gasteiger partial charge in [-0.3, -0.25) is 4.57 Å². The van der Waals surface area contributed by atoms with Crippen molar-refractivity contribution in [3.63, 3.8) is 0 Å². The van der Waals surface area contributed by atoms with Crippen LogP contribution in [0.3, 0.4) is 0 Å². The summed E-state index contributed by atoms with van der Waals surface area (Å²) < 4.78 is 68.8. The van der Waals surface area contributed by atoms with Crippen molar-refractivity contribution in [2.75, 3.05) is 12.8 Å². The van der Waals surface area contributed by atoms with Crippen molar-refractivity contribution in [1.82, 2.24) is 5.32 Å². The van der Waals surface area contributed by atoms with Crippen LogP contribution < -0.4 is 10.1 Å². The van der Waals surface area contributed by atoms with Gasteiger partial charge in [0.15, 0.2) is 9.04 Å². The van der Waals surface area contributed by atoms with Gasteiger partial charge >= 0.3 is 19.9 Å². The van der Waals surface area contributed by atoms with Crippen molar-refractivity contribution in [1.29, 1.82) is 0 Å². The van der Waals surface area contributed by atoms with E-state index in [-0.39, 0.29) is 23.8 Å². The lowest BCUT2D eigenvalue weighted by Crippen LogP contribution is -2.58. The predicted molar refractivity (Wildman–Crippen MR) is 173 cm³/mol. The Hall–Kier alpha value is -2.08. The molecule has 0 aliphatic heterocycles. The van der Waals surface area contributed by atoms with Crippen LogP contribution in [0.5, 0.6) is 11.5 Å². The second-order valence-electron chi connectivity index (χ2n) is 13.5. The number of ether oxygens (including phenoxy) is 2. The third-order valence-electron chi connectivity index (χ3n) is 7.36. The average molecular weight is 696 g/mol. The minimum atomic E-state index is -4.51. The Bertz CT molecular complexity index is 1340. The van der Waals surface area contributed by atoms with Gasteiger partial charge in [-0.25, -0.2) is 4.79 Å². The minimum Gasteiger partial charge on any atom is -0.457 e.